The number of hydrogen-bond donors (Lipinski definition) is 4. The van der Waals surface area contributed by atoms with Crippen molar-refractivity contribution < 1.29 is 20.4 Å². The zero-order chi connectivity index (χ0) is 27.4. The van der Waals surface area contributed by atoms with Gasteiger partial charge in [0.1, 0.15) is 0 Å². The molecule has 4 aromatic rings. The molecule has 0 saturated carbocycles. The van der Waals surface area contributed by atoms with Gasteiger partial charge in [0.15, 0.2) is 0 Å². The Kier molecular flexibility index (Phi) is 9.36. The normalized spacial score (nSPS) is 11.5. The molecular weight excluding hydrogens is 523 g/mol. The van der Waals surface area contributed by atoms with Crippen LogP contribution >= 0.6 is 23.2 Å². The van der Waals surface area contributed by atoms with Gasteiger partial charge >= 0.3 is 0 Å². The van der Waals surface area contributed by atoms with Gasteiger partial charge in [0.2, 0.25) is 0 Å². The Hall–Kier alpha value is -2.58. The van der Waals surface area contributed by atoms with Crippen molar-refractivity contribution in [3.63, 3.8) is 0 Å². The van der Waals surface area contributed by atoms with Crippen LogP contribution in [0, 0.1) is 0 Å². The number of benzene rings is 2. The van der Waals surface area contributed by atoms with Gasteiger partial charge in [-0.05, 0) is 48.2 Å². The molecule has 0 aliphatic carbocycles. The molecular formula is C30H34Cl2N2O4. The molecule has 0 aliphatic heterocycles. The van der Waals surface area contributed by atoms with E-state index in [-0.39, 0.29) is 26.4 Å². The van der Waals surface area contributed by atoms with E-state index in [1.54, 1.807) is 0 Å². The summed E-state index contributed by atoms with van der Waals surface area (Å²) in [6.07, 6.45) is 1.35. The van der Waals surface area contributed by atoms with Crippen LogP contribution in [0.25, 0.3) is 22.5 Å². The fourth-order valence-corrected chi connectivity index (χ4v) is 5.90. The molecule has 0 bridgehead atoms. The summed E-state index contributed by atoms with van der Waals surface area (Å²) in [6.45, 7) is 4.44. The van der Waals surface area contributed by atoms with Crippen molar-refractivity contribution in [2.75, 3.05) is 0 Å². The van der Waals surface area contributed by atoms with Gasteiger partial charge in [-0.1, -0.05) is 61.3 Å². The van der Waals surface area contributed by atoms with E-state index in [1.807, 2.05) is 62.4 Å². The standard InChI is InChI=1S/C30H34Cl2N2O4/c1-3-27-23(15-35)25(17-37)29(19-5-9-21(31)10-6-19)33(27)13-14-34-28(4-2)24(16-36)26(18-38)30(34)20-7-11-22(32)12-8-20/h5-12,35-38H,3-4,13-18H2,1-2H3. The molecule has 202 valence electrons. The van der Waals surface area contributed by atoms with Crippen LogP contribution in [0.2, 0.25) is 10.0 Å². The highest BCUT2D eigenvalue weighted by Crippen LogP contribution is 2.36. The molecule has 6 nitrogen and oxygen atoms in total. The van der Waals surface area contributed by atoms with E-state index >= 15 is 0 Å². The minimum absolute atomic E-state index is 0.171. The quantitative estimate of drug-likeness (QED) is 0.190. The fourth-order valence-electron chi connectivity index (χ4n) is 5.65. The van der Waals surface area contributed by atoms with Crippen LogP contribution in [0.15, 0.2) is 48.5 Å². The number of aliphatic hydroxyl groups excluding tert-OH is 4. The van der Waals surface area contributed by atoms with Crippen molar-refractivity contribution in [3.05, 3.63) is 92.2 Å². The summed E-state index contributed by atoms with van der Waals surface area (Å²) < 4.78 is 4.34. The minimum atomic E-state index is -0.197. The Morgan fingerprint density at radius 3 is 1.11 bits per heavy atom. The lowest BCUT2D eigenvalue weighted by Crippen LogP contribution is -2.14. The highest BCUT2D eigenvalue weighted by Gasteiger charge is 2.25. The van der Waals surface area contributed by atoms with E-state index in [0.29, 0.717) is 47.1 Å². The van der Waals surface area contributed by atoms with E-state index in [9.17, 15) is 20.4 Å². The van der Waals surface area contributed by atoms with Crippen molar-refractivity contribution in [3.8, 4) is 22.5 Å². The number of hydrogen-bond acceptors (Lipinski definition) is 4. The Labute approximate surface area is 233 Å². The first-order valence-electron chi connectivity index (χ1n) is 12.8. The molecule has 38 heavy (non-hydrogen) atoms. The first kappa shape index (κ1) is 28.4. The lowest BCUT2D eigenvalue weighted by Gasteiger charge is -2.19. The second-order valence-electron chi connectivity index (χ2n) is 9.16. The smallest absolute Gasteiger partial charge is 0.0706 e. The molecule has 8 heteroatoms. The van der Waals surface area contributed by atoms with Crippen molar-refractivity contribution in [2.24, 2.45) is 0 Å². The van der Waals surface area contributed by atoms with Crippen LogP contribution in [0.4, 0.5) is 0 Å². The van der Waals surface area contributed by atoms with E-state index in [4.69, 9.17) is 23.2 Å². The molecule has 0 amide bonds. The zero-order valence-corrected chi connectivity index (χ0v) is 23.2. The first-order chi connectivity index (χ1) is 18.4. The summed E-state index contributed by atoms with van der Waals surface area (Å²) in [5.74, 6) is 0. The summed E-state index contributed by atoms with van der Waals surface area (Å²) in [6, 6.07) is 15.0. The highest BCUT2D eigenvalue weighted by atomic mass is 35.5. The molecule has 0 spiro atoms. The van der Waals surface area contributed by atoms with E-state index in [2.05, 4.69) is 9.13 Å². The van der Waals surface area contributed by atoms with Crippen molar-refractivity contribution in [1.82, 2.24) is 9.13 Å². The molecule has 2 aromatic carbocycles. The van der Waals surface area contributed by atoms with Gasteiger partial charge in [0.05, 0.1) is 37.8 Å². The van der Waals surface area contributed by atoms with Crippen LogP contribution in [0.1, 0.15) is 47.5 Å². The molecule has 0 unspecified atom stereocenters. The van der Waals surface area contributed by atoms with Gasteiger partial charge in [0.25, 0.3) is 0 Å². The maximum Gasteiger partial charge on any atom is 0.0706 e. The molecule has 4 rings (SSSR count). The van der Waals surface area contributed by atoms with Gasteiger partial charge in [-0.2, -0.15) is 0 Å². The predicted octanol–water partition coefficient (Wildman–Crippen LogP) is 5.72. The third kappa shape index (κ3) is 5.17. The number of halogens is 2. The second kappa shape index (κ2) is 12.5. The van der Waals surface area contributed by atoms with E-state index in [1.165, 1.54) is 0 Å². The van der Waals surface area contributed by atoms with Crippen molar-refractivity contribution in [2.45, 2.75) is 66.2 Å². The van der Waals surface area contributed by atoms with E-state index in [0.717, 1.165) is 45.0 Å². The third-order valence-electron chi connectivity index (χ3n) is 7.27. The number of nitrogens with zero attached hydrogens (tertiary/aromatic N) is 2. The zero-order valence-electron chi connectivity index (χ0n) is 21.7. The summed E-state index contributed by atoms with van der Waals surface area (Å²) in [4.78, 5) is 0. The van der Waals surface area contributed by atoms with Gasteiger partial charge in [-0.25, -0.2) is 0 Å². The molecule has 0 atom stereocenters. The molecule has 0 saturated heterocycles. The molecule has 2 aromatic heterocycles. The van der Waals surface area contributed by atoms with Gasteiger partial charge in [-0.15, -0.1) is 0 Å². The Morgan fingerprint density at radius 1 is 0.526 bits per heavy atom. The molecule has 0 fully saturated rings. The first-order valence-corrected chi connectivity index (χ1v) is 13.6. The van der Waals surface area contributed by atoms with E-state index < -0.39 is 0 Å². The summed E-state index contributed by atoms with van der Waals surface area (Å²) in [5, 5.41) is 42.4. The monoisotopic (exact) mass is 556 g/mol. The summed E-state index contributed by atoms with van der Waals surface area (Å²) in [7, 11) is 0. The van der Waals surface area contributed by atoms with Crippen molar-refractivity contribution in [1.29, 1.82) is 0 Å². The predicted molar refractivity (Wildman–Crippen MR) is 152 cm³/mol. The maximum atomic E-state index is 10.3. The van der Waals surface area contributed by atoms with Crippen LogP contribution in [-0.4, -0.2) is 29.6 Å². The average molecular weight is 558 g/mol. The fraction of sp³-hybridized carbons (Fsp3) is 0.333. The Balaban J connectivity index is 1.90. The Bertz CT molecular complexity index is 1280. The molecule has 2 heterocycles. The van der Waals surface area contributed by atoms with Gasteiger partial charge < -0.3 is 29.6 Å². The summed E-state index contributed by atoms with van der Waals surface area (Å²) in [5.41, 5.74) is 8.35. The van der Waals surface area contributed by atoms with Crippen LogP contribution in [0.3, 0.4) is 0 Å². The second-order valence-corrected chi connectivity index (χ2v) is 10.0. The molecule has 0 aliphatic rings. The van der Waals surface area contributed by atoms with Crippen LogP contribution < -0.4 is 0 Å². The molecule has 4 N–H and O–H groups in total. The van der Waals surface area contributed by atoms with Crippen molar-refractivity contribution >= 4 is 23.2 Å². The topological polar surface area (TPSA) is 90.8 Å². The number of aromatic nitrogens is 2. The minimum Gasteiger partial charge on any atom is -0.392 e. The molecule has 0 radical (unpaired) electrons. The number of rotatable bonds is 11. The van der Waals surface area contributed by atoms with Crippen LogP contribution in [-0.2, 0) is 52.4 Å². The number of aliphatic hydroxyl groups is 4. The lowest BCUT2D eigenvalue weighted by molar-refractivity contribution is 0.260. The average Bonchev–Trinajstić information content (AvgIpc) is 3.42. The largest absolute Gasteiger partial charge is 0.392 e. The summed E-state index contributed by atoms with van der Waals surface area (Å²) >= 11 is 12.3. The van der Waals surface area contributed by atoms with Gasteiger partial charge in [0, 0.05) is 56.8 Å². The van der Waals surface area contributed by atoms with Gasteiger partial charge in [-0.3, -0.25) is 0 Å². The SMILES string of the molecule is CCc1c(CO)c(CO)c(-c2ccc(Cl)cc2)n1CCn1c(CC)c(CO)c(CO)c1-c1ccc(Cl)cc1. The third-order valence-corrected chi connectivity index (χ3v) is 7.78. The van der Waals surface area contributed by atoms with Crippen LogP contribution in [0.5, 0.6) is 0 Å². The Morgan fingerprint density at radius 2 is 0.842 bits per heavy atom. The lowest BCUT2D eigenvalue weighted by atomic mass is 10.0. The maximum absolute atomic E-state index is 10.3. The highest BCUT2D eigenvalue weighted by molar-refractivity contribution is 6.30.